The Kier molecular flexibility index (Phi) is 2.80. The quantitative estimate of drug-likeness (QED) is 0.878. The lowest BCUT2D eigenvalue weighted by Gasteiger charge is -2.25. The predicted octanol–water partition coefficient (Wildman–Crippen LogP) is 3.09. The SMILES string of the molecule is Cc1c2c(cc(O)c1C1(CC(=O)O)CC1)CCCC2. The Labute approximate surface area is 113 Å². The summed E-state index contributed by atoms with van der Waals surface area (Å²) >= 11 is 0. The highest BCUT2D eigenvalue weighted by molar-refractivity contribution is 5.71. The van der Waals surface area contributed by atoms with E-state index in [1.807, 2.05) is 6.07 Å². The van der Waals surface area contributed by atoms with Crippen molar-refractivity contribution in [3.8, 4) is 5.75 Å². The minimum Gasteiger partial charge on any atom is -0.508 e. The average molecular weight is 260 g/mol. The molecule has 2 aliphatic rings. The molecule has 19 heavy (non-hydrogen) atoms. The highest BCUT2D eigenvalue weighted by atomic mass is 16.4. The predicted molar refractivity (Wildman–Crippen MR) is 72.7 cm³/mol. The number of phenolic OH excluding ortho intramolecular Hbond substituents is 1. The van der Waals surface area contributed by atoms with Gasteiger partial charge in [0.05, 0.1) is 6.42 Å². The van der Waals surface area contributed by atoms with Gasteiger partial charge < -0.3 is 10.2 Å². The van der Waals surface area contributed by atoms with Gasteiger partial charge in [-0.2, -0.15) is 0 Å². The molecule has 3 nitrogen and oxygen atoms in total. The van der Waals surface area contributed by atoms with Gasteiger partial charge in [-0.3, -0.25) is 4.79 Å². The number of carbonyl (C=O) groups is 1. The summed E-state index contributed by atoms with van der Waals surface area (Å²) in [6.45, 7) is 2.06. The van der Waals surface area contributed by atoms with Crippen molar-refractivity contribution in [3.63, 3.8) is 0 Å². The van der Waals surface area contributed by atoms with Crippen LogP contribution in [0.25, 0.3) is 0 Å². The van der Waals surface area contributed by atoms with Crippen molar-refractivity contribution in [2.75, 3.05) is 0 Å². The lowest BCUT2D eigenvalue weighted by atomic mass is 9.80. The third kappa shape index (κ3) is 2.01. The van der Waals surface area contributed by atoms with Crippen LogP contribution in [0.2, 0.25) is 0 Å². The topological polar surface area (TPSA) is 57.5 Å². The van der Waals surface area contributed by atoms with Crippen LogP contribution >= 0.6 is 0 Å². The molecule has 0 unspecified atom stereocenters. The van der Waals surface area contributed by atoms with Crippen LogP contribution in [0.15, 0.2) is 6.07 Å². The second-order valence-corrected chi connectivity index (χ2v) is 6.09. The van der Waals surface area contributed by atoms with Crippen LogP contribution in [-0.2, 0) is 23.1 Å². The van der Waals surface area contributed by atoms with E-state index in [1.165, 1.54) is 24.0 Å². The molecule has 0 aliphatic heterocycles. The van der Waals surface area contributed by atoms with E-state index in [2.05, 4.69) is 6.92 Å². The number of carboxylic acid groups (broad SMARTS) is 1. The summed E-state index contributed by atoms with van der Waals surface area (Å²) < 4.78 is 0. The number of aryl methyl sites for hydroxylation is 1. The number of aromatic hydroxyl groups is 1. The molecule has 0 atom stereocenters. The maximum absolute atomic E-state index is 11.1. The Hall–Kier alpha value is -1.51. The van der Waals surface area contributed by atoms with Crippen LogP contribution in [0.5, 0.6) is 5.75 Å². The molecule has 2 N–H and O–H groups in total. The number of aliphatic carboxylic acids is 1. The normalized spacial score (nSPS) is 19.8. The molecule has 0 aromatic heterocycles. The summed E-state index contributed by atoms with van der Waals surface area (Å²) in [5, 5.41) is 19.4. The van der Waals surface area contributed by atoms with E-state index in [4.69, 9.17) is 5.11 Å². The van der Waals surface area contributed by atoms with Crippen molar-refractivity contribution >= 4 is 5.97 Å². The number of carboxylic acids is 1. The average Bonchev–Trinajstić information content (AvgIpc) is 3.08. The Bertz CT molecular complexity index is 541. The van der Waals surface area contributed by atoms with Gasteiger partial charge in [-0.05, 0) is 68.2 Å². The smallest absolute Gasteiger partial charge is 0.304 e. The number of fused-ring (bicyclic) bond motifs is 1. The number of rotatable bonds is 3. The van der Waals surface area contributed by atoms with E-state index in [-0.39, 0.29) is 11.8 Å². The van der Waals surface area contributed by atoms with E-state index < -0.39 is 5.97 Å². The summed E-state index contributed by atoms with van der Waals surface area (Å²) in [4.78, 5) is 11.1. The largest absolute Gasteiger partial charge is 0.508 e. The molecule has 3 heteroatoms. The summed E-state index contributed by atoms with van der Waals surface area (Å²) in [5.41, 5.74) is 4.38. The fraction of sp³-hybridized carbons (Fsp3) is 0.562. The molecule has 3 rings (SSSR count). The van der Waals surface area contributed by atoms with Crippen LogP contribution in [0.4, 0.5) is 0 Å². The van der Waals surface area contributed by atoms with E-state index in [1.54, 1.807) is 0 Å². The first kappa shape index (κ1) is 12.5. The lowest BCUT2D eigenvalue weighted by Crippen LogP contribution is -2.17. The third-order valence-corrected chi connectivity index (χ3v) is 4.78. The summed E-state index contributed by atoms with van der Waals surface area (Å²) in [6.07, 6.45) is 6.39. The Balaban J connectivity index is 2.09. The van der Waals surface area contributed by atoms with Gasteiger partial charge in [0, 0.05) is 11.0 Å². The van der Waals surface area contributed by atoms with Crippen LogP contribution in [0.3, 0.4) is 0 Å². The van der Waals surface area contributed by atoms with Gasteiger partial charge in [0.25, 0.3) is 0 Å². The highest BCUT2D eigenvalue weighted by Crippen LogP contribution is 2.55. The molecule has 1 fully saturated rings. The van der Waals surface area contributed by atoms with Gasteiger partial charge in [-0.15, -0.1) is 0 Å². The molecule has 0 amide bonds. The Morgan fingerprint density at radius 3 is 2.63 bits per heavy atom. The van der Waals surface area contributed by atoms with E-state index in [0.717, 1.165) is 36.8 Å². The molecule has 1 aromatic carbocycles. The summed E-state index contributed by atoms with van der Waals surface area (Å²) in [7, 11) is 0. The monoisotopic (exact) mass is 260 g/mol. The van der Waals surface area contributed by atoms with Gasteiger partial charge in [-0.25, -0.2) is 0 Å². The molecular weight excluding hydrogens is 240 g/mol. The zero-order chi connectivity index (χ0) is 13.6. The van der Waals surface area contributed by atoms with Crippen molar-refractivity contribution in [1.82, 2.24) is 0 Å². The fourth-order valence-electron chi connectivity index (χ4n) is 3.72. The third-order valence-electron chi connectivity index (χ3n) is 4.78. The number of benzene rings is 1. The minimum absolute atomic E-state index is 0.139. The van der Waals surface area contributed by atoms with Gasteiger partial charge in [-0.1, -0.05) is 0 Å². The number of hydrogen-bond acceptors (Lipinski definition) is 2. The molecule has 0 radical (unpaired) electrons. The van der Waals surface area contributed by atoms with Crippen molar-refractivity contribution in [2.45, 2.75) is 57.3 Å². The second kappa shape index (κ2) is 4.26. The molecular formula is C16H20O3. The molecule has 0 saturated heterocycles. The van der Waals surface area contributed by atoms with Crippen molar-refractivity contribution in [2.24, 2.45) is 0 Å². The summed E-state index contributed by atoms with van der Waals surface area (Å²) in [6, 6.07) is 1.89. The molecule has 2 aliphatic carbocycles. The van der Waals surface area contributed by atoms with E-state index in [9.17, 15) is 9.90 Å². The van der Waals surface area contributed by atoms with Gasteiger partial charge in [0.1, 0.15) is 5.75 Å². The van der Waals surface area contributed by atoms with Gasteiger partial charge >= 0.3 is 5.97 Å². The van der Waals surface area contributed by atoms with E-state index >= 15 is 0 Å². The number of phenols is 1. The van der Waals surface area contributed by atoms with Crippen molar-refractivity contribution < 1.29 is 15.0 Å². The molecule has 0 spiro atoms. The first-order chi connectivity index (χ1) is 9.03. The highest BCUT2D eigenvalue weighted by Gasteiger charge is 2.49. The van der Waals surface area contributed by atoms with Crippen LogP contribution in [0.1, 0.15) is 54.4 Å². The molecule has 0 heterocycles. The minimum atomic E-state index is -0.769. The summed E-state index contributed by atoms with van der Waals surface area (Å²) in [5.74, 6) is -0.453. The van der Waals surface area contributed by atoms with Gasteiger partial charge in [0.15, 0.2) is 0 Å². The first-order valence-corrected chi connectivity index (χ1v) is 7.10. The van der Waals surface area contributed by atoms with Crippen LogP contribution < -0.4 is 0 Å². The van der Waals surface area contributed by atoms with Crippen LogP contribution in [0, 0.1) is 6.92 Å². The standard InChI is InChI=1S/C16H20O3/c1-10-12-5-3-2-4-11(12)8-13(17)15(10)16(6-7-16)9-14(18)19/h8,17H,2-7,9H2,1H3,(H,18,19). The zero-order valence-electron chi connectivity index (χ0n) is 11.3. The first-order valence-electron chi connectivity index (χ1n) is 7.10. The second-order valence-electron chi connectivity index (χ2n) is 6.09. The Morgan fingerprint density at radius 1 is 1.32 bits per heavy atom. The van der Waals surface area contributed by atoms with Crippen LogP contribution in [-0.4, -0.2) is 16.2 Å². The maximum Gasteiger partial charge on any atom is 0.304 e. The molecule has 1 saturated carbocycles. The molecule has 1 aromatic rings. The number of hydrogen-bond donors (Lipinski definition) is 2. The molecule has 102 valence electrons. The zero-order valence-corrected chi connectivity index (χ0v) is 11.3. The Morgan fingerprint density at radius 2 is 2.00 bits per heavy atom. The fourth-order valence-corrected chi connectivity index (χ4v) is 3.72. The lowest BCUT2D eigenvalue weighted by molar-refractivity contribution is -0.137. The molecule has 0 bridgehead atoms. The van der Waals surface area contributed by atoms with Crippen molar-refractivity contribution in [3.05, 3.63) is 28.3 Å². The maximum atomic E-state index is 11.1. The van der Waals surface area contributed by atoms with Gasteiger partial charge in [0.2, 0.25) is 0 Å². The van der Waals surface area contributed by atoms with E-state index in [0.29, 0.717) is 5.75 Å². The van der Waals surface area contributed by atoms with Crippen molar-refractivity contribution in [1.29, 1.82) is 0 Å².